The number of pyridine rings is 2. The summed E-state index contributed by atoms with van der Waals surface area (Å²) in [5.41, 5.74) is 1.27. The van der Waals surface area contributed by atoms with E-state index in [2.05, 4.69) is 42.9 Å². The molecule has 3 atom stereocenters. The summed E-state index contributed by atoms with van der Waals surface area (Å²) in [4.78, 5) is 49.9. The zero-order chi connectivity index (χ0) is 27.7. The highest BCUT2D eigenvalue weighted by atomic mass is 79.9. The maximum atomic E-state index is 13.8. The normalized spacial score (nSPS) is 21.6. The van der Waals surface area contributed by atoms with Crippen molar-refractivity contribution in [3.8, 4) is 0 Å². The maximum Gasteiger partial charge on any atom is 0.248 e. The lowest BCUT2D eigenvalue weighted by Crippen LogP contribution is -2.47. The molecule has 4 heterocycles. The molecule has 3 aromatic rings. The number of carbonyl (C=O) groups is 3. The van der Waals surface area contributed by atoms with Crippen molar-refractivity contribution >= 4 is 50.2 Å². The largest absolute Gasteiger partial charge is 0.380 e. The van der Waals surface area contributed by atoms with Gasteiger partial charge in [0.05, 0.1) is 31.5 Å². The average molecular weight is 597 g/mol. The number of hydrogen-bond donors (Lipinski definition) is 1. The Morgan fingerprint density at radius 1 is 1.28 bits per heavy atom. The van der Waals surface area contributed by atoms with Gasteiger partial charge in [0.15, 0.2) is 5.78 Å². The Morgan fingerprint density at radius 2 is 2.10 bits per heavy atom. The molecule has 0 radical (unpaired) electrons. The Bertz CT molecular complexity index is 1460. The molecule has 1 saturated carbocycles. The monoisotopic (exact) mass is 596 g/mol. The molecule has 2 fully saturated rings. The van der Waals surface area contributed by atoms with Gasteiger partial charge in [-0.15, -0.1) is 6.58 Å². The number of methoxy groups -OCH3 is 1. The predicted octanol–water partition coefficient (Wildman–Crippen LogP) is 3.14. The third-order valence-corrected chi connectivity index (χ3v) is 7.73. The Balaban J connectivity index is 1.43. The summed E-state index contributed by atoms with van der Waals surface area (Å²) < 4.78 is 13.1. The number of Topliss-reactive ketones (excluding diaryl/α,β-unsaturated/α-hetero) is 1. The van der Waals surface area contributed by atoms with E-state index in [1.165, 1.54) is 11.6 Å². The molecule has 1 N–H and O–H groups in total. The van der Waals surface area contributed by atoms with Crippen LogP contribution in [0.2, 0.25) is 0 Å². The number of amides is 2. The highest BCUT2D eigenvalue weighted by molar-refractivity contribution is 9.10. The number of nitrogens with zero attached hydrogens (tertiary/aromatic N) is 5. The lowest BCUT2D eigenvalue weighted by Gasteiger charge is -2.27. The van der Waals surface area contributed by atoms with Crippen LogP contribution in [-0.4, -0.2) is 74.7 Å². The molecule has 0 unspecified atom stereocenters. The summed E-state index contributed by atoms with van der Waals surface area (Å²) >= 11 is 3.35. The van der Waals surface area contributed by atoms with Crippen LogP contribution in [0.15, 0.2) is 47.9 Å². The third-order valence-electron chi connectivity index (χ3n) is 7.29. The Hall–Kier alpha value is -3.48. The van der Waals surface area contributed by atoms with Gasteiger partial charge >= 0.3 is 0 Å². The van der Waals surface area contributed by atoms with Gasteiger partial charge in [-0.25, -0.2) is 4.98 Å². The predicted molar refractivity (Wildman–Crippen MR) is 146 cm³/mol. The minimum atomic E-state index is -0.730. The number of halogens is 1. The molecule has 1 aliphatic carbocycles. The van der Waals surface area contributed by atoms with E-state index in [0.29, 0.717) is 46.5 Å². The average Bonchev–Trinajstić information content (AvgIpc) is 3.31. The van der Waals surface area contributed by atoms with Crippen molar-refractivity contribution in [3.05, 3.63) is 59.1 Å². The number of hydrogen-bond acceptors (Lipinski definition) is 8. The molecule has 2 amide bonds. The summed E-state index contributed by atoms with van der Waals surface area (Å²) in [6, 6.07) is 4.42. The maximum absolute atomic E-state index is 13.8. The van der Waals surface area contributed by atoms with Crippen LogP contribution in [0, 0.1) is 5.41 Å². The second kappa shape index (κ2) is 10.9. The number of nitrogens with one attached hydrogen (secondary N) is 1. The van der Waals surface area contributed by atoms with Crippen molar-refractivity contribution in [1.82, 2.24) is 24.6 Å². The number of piperidine rings is 1. The Morgan fingerprint density at radius 3 is 2.85 bits per heavy atom. The molecule has 12 heteroatoms. The van der Waals surface area contributed by atoms with Crippen LogP contribution >= 0.6 is 15.9 Å². The summed E-state index contributed by atoms with van der Waals surface area (Å²) in [6.07, 6.45) is 6.04. The number of anilines is 1. The fourth-order valence-electron chi connectivity index (χ4n) is 5.42. The lowest BCUT2D eigenvalue weighted by molar-refractivity contribution is -0.138. The van der Waals surface area contributed by atoms with Crippen molar-refractivity contribution in [2.24, 2.45) is 5.41 Å². The smallest absolute Gasteiger partial charge is 0.248 e. The van der Waals surface area contributed by atoms with E-state index in [1.807, 2.05) is 6.07 Å². The quantitative estimate of drug-likeness (QED) is 0.155. The molecule has 11 nitrogen and oxygen atoms in total. The first-order chi connectivity index (χ1) is 18.8. The van der Waals surface area contributed by atoms with Crippen LogP contribution in [0.1, 0.15) is 35.8 Å². The standard InChI is InChI=1S/C27H29BrN6O5/c1-4-9-39-15-27-10-19(26(37)31-25-17(14-38-3)5-6-22(28)30-25)34(21(27)11-27)23(36)13-33-20-12-29-8-7-18(20)24(32-33)16(2)35/h4-8,12,19,21H,1,9-11,13-15H2,2-3H3,(H,30,31,37)/t19-,21+,27-/m0/s1. The van der Waals surface area contributed by atoms with Gasteiger partial charge in [0.25, 0.3) is 0 Å². The molecule has 5 rings (SSSR count). The Labute approximate surface area is 233 Å². The highest BCUT2D eigenvalue weighted by Gasteiger charge is 2.67. The summed E-state index contributed by atoms with van der Waals surface area (Å²) in [6.45, 7) is 6.08. The van der Waals surface area contributed by atoms with Gasteiger partial charge in [-0.2, -0.15) is 5.10 Å². The molecular weight excluding hydrogens is 568 g/mol. The lowest BCUT2D eigenvalue weighted by atomic mass is 10.00. The fraction of sp³-hybridized carbons (Fsp3) is 0.407. The first-order valence-electron chi connectivity index (χ1n) is 12.5. The number of likely N-dealkylation sites (tertiary alicyclic amines) is 1. The molecular formula is C27H29BrN6O5. The van der Waals surface area contributed by atoms with Gasteiger partial charge in [-0.05, 0) is 40.9 Å². The van der Waals surface area contributed by atoms with Crippen molar-refractivity contribution in [3.63, 3.8) is 0 Å². The molecule has 3 aromatic heterocycles. The van der Waals surface area contributed by atoms with Crippen molar-refractivity contribution in [2.45, 2.75) is 45.0 Å². The van der Waals surface area contributed by atoms with Gasteiger partial charge < -0.3 is 19.7 Å². The molecule has 0 aromatic carbocycles. The number of ether oxygens (including phenoxy) is 2. The minimum absolute atomic E-state index is 0.136. The van der Waals surface area contributed by atoms with E-state index in [9.17, 15) is 14.4 Å². The van der Waals surface area contributed by atoms with Gasteiger partial charge in [0.2, 0.25) is 11.8 Å². The SMILES string of the molecule is C=CCOC[C@@]12C[C@@H](C(=O)Nc3nc(Br)ccc3COC)N(C(=O)Cn3nc(C(C)=O)c4ccncc43)[C@@H]1C2. The summed E-state index contributed by atoms with van der Waals surface area (Å²) in [7, 11) is 1.57. The molecule has 0 spiro atoms. The Kier molecular flexibility index (Phi) is 7.61. The van der Waals surface area contributed by atoms with E-state index in [-0.39, 0.29) is 47.9 Å². The van der Waals surface area contributed by atoms with E-state index < -0.39 is 6.04 Å². The zero-order valence-electron chi connectivity index (χ0n) is 21.7. The molecule has 39 heavy (non-hydrogen) atoms. The summed E-state index contributed by atoms with van der Waals surface area (Å²) in [5, 5.41) is 7.95. The fourth-order valence-corrected chi connectivity index (χ4v) is 5.73. The number of aromatic nitrogens is 4. The van der Waals surface area contributed by atoms with Gasteiger partial charge in [-0.3, -0.25) is 24.0 Å². The van der Waals surface area contributed by atoms with Crippen LogP contribution in [0.3, 0.4) is 0 Å². The van der Waals surface area contributed by atoms with Gasteiger partial charge in [0.1, 0.15) is 28.7 Å². The molecule has 1 aliphatic heterocycles. The molecule has 1 saturated heterocycles. The van der Waals surface area contributed by atoms with Crippen molar-refractivity contribution < 1.29 is 23.9 Å². The number of fused-ring (bicyclic) bond motifs is 2. The van der Waals surface area contributed by atoms with Crippen LogP contribution < -0.4 is 5.32 Å². The van der Waals surface area contributed by atoms with Crippen molar-refractivity contribution in [1.29, 1.82) is 0 Å². The molecule has 0 bridgehead atoms. The highest BCUT2D eigenvalue weighted by Crippen LogP contribution is 2.59. The van der Waals surface area contributed by atoms with E-state index >= 15 is 0 Å². The summed E-state index contributed by atoms with van der Waals surface area (Å²) in [5.74, 6) is -0.440. The number of carbonyl (C=O) groups excluding carboxylic acids is 3. The van der Waals surface area contributed by atoms with Crippen LogP contribution in [0.4, 0.5) is 5.82 Å². The van der Waals surface area contributed by atoms with E-state index in [1.54, 1.807) is 42.6 Å². The van der Waals surface area contributed by atoms with Gasteiger partial charge in [-0.1, -0.05) is 12.1 Å². The molecule has 2 aliphatic rings. The topological polar surface area (TPSA) is 129 Å². The number of ketones is 1. The molecule has 204 valence electrons. The first kappa shape index (κ1) is 27.1. The van der Waals surface area contributed by atoms with Crippen LogP contribution in [0.25, 0.3) is 10.9 Å². The van der Waals surface area contributed by atoms with Crippen LogP contribution in [-0.2, 0) is 32.2 Å². The second-order valence-electron chi connectivity index (χ2n) is 9.93. The van der Waals surface area contributed by atoms with E-state index in [0.717, 1.165) is 6.42 Å². The van der Waals surface area contributed by atoms with Gasteiger partial charge in [0, 0.05) is 42.6 Å². The minimum Gasteiger partial charge on any atom is -0.380 e. The zero-order valence-corrected chi connectivity index (χ0v) is 23.3. The van der Waals surface area contributed by atoms with Crippen LogP contribution in [0.5, 0.6) is 0 Å². The second-order valence-corrected chi connectivity index (χ2v) is 10.7. The number of rotatable bonds is 11. The van der Waals surface area contributed by atoms with Crippen molar-refractivity contribution in [2.75, 3.05) is 25.6 Å². The van der Waals surface area contributed by atoms with E-state index in [4.69, 9.17) is 9.47 Å². The third kappa shape index (κ3) is 5.23. The first-order valence-corrected chi connectivity index (χ1v) is 13.3.